The van der Waals surface area contributed by atoms with E-state index in [0.29, 0.717) is 18.1 Å². The van der Waals surface area contributed by atoms with Crippen LogP contribution in [0.25, 0.3) is 10.8 Å². The second-order valence-electron chi connectivity index (χ2n) is 8.52. The first-order valence-corrected chi connectivity index (χ1v) is 13.5. The number of alkyl halides is 2. The van der Waals surface area contributed by atoms with Gasteiger partial charge in [0.2, 0.25) is 6.93 Å². The van der Waals surface area contributed by atoms with Gasteiger partial charge in [0.15, 0.2) is 0 Å². The number of hydrogen-bond acceptors (Lipinski definition) is 9. The Morgan fingerprint density at radius 1 is 1.20 bits per heavy atom. The molecule has 1 aromatic heterocycles. The van der Waals surface area contributed by atoms with Gasteiger partial charge in [-0.1, -0.05) is 30.3 Å². The van der Waals surface area contributed by atoms with E-state index in [4.69, 9.17) is 18.5 Å². The van der Waals surface area contributed by atoms with E-state index >= 15 is 0 Å². The van der Waals surface area contributed by atoms with Crippen LogP contribution >= 0.6 is 8.53 Å². The van der Waals surface area contributed by atoms with Gasteiger partial charge in [0, 0.05) is 25.8 Å². The maximum atomic E-state index is 12.0. The van der Waals surface area contributed by atoms with Gasteiger partial charge in [-0.15, -0.1) is 0 Å². The molecule has 3 N–H and O–H groups in total. The van der Waals surface area contributed by atoms with Crippen LogP contribution in [-0.2, 0) is 18.8 Å². The Morgan fingerprint density at radius 3 is 2.50 bits per heavy atom. The van der Waals surface area contributed by atoms with Gasteiger partial charge in [-0.05, 0) is 36.8 Å². The third-order valence-electron chi connectivity index (χ3n) is 5.41. The topological polar surface area (TPSA) is 141 Å². The summed E-state index contributed by atoms with van der Waals surface area (Å²) in [4.78, 5) is 36.2. The van der Waals surface area contributed by atoms with E-state index in [1.807, 2.05) is 56.3 Å². The summed E-state index contributed by atoms with van der Waals surface area (Å²) < 4.78 is 42.7. The Kier molecular flexibility index (Phi) is 14.6. The van der Waals surface area contributed by atoms with E-state index in [9.17, 15) is 28.3 Å². The lowest BCUT2D eigenvalue weighted by atomic mass is 10.1. The zero-order chi connectivity index (χ0) is 29.5. The molecule has 0 radical (unpaired) electrons. The van der Waals surface area contributed by atoms with Crippen LogP contribution in [-0.4, -0.2) is 66.4 Å². The number of rotatable bonds is 10. The number of carbonyl (C=O) groups is 1. The van der Waals surface area contributed by atoms with E-state index in [2.05, 4.69) is 10.1 Å². The van der Waals surface area contributed by atoms with Crippen LogP contribution in [0.5, 0.6) is 5.75 Å². The molecule has 0 spiro atoms. The second-order valence-corrected chi connectivity index (χ2v) is 9.79. The minimum absolute atomic E-state index is 0.0269. The molecule has 4 rings (SSSR count). The third kappa shape index (κ3) is 10.8. The molecule has 1 aliphatic heterocycles. The third-order valence-corrected chi connectivity index (χ3v) is 6.61. The first-order valence-electron chi connectivity index (χ1n) is 12.3. The molecule has 4 atom stereocenters. The molecular formula is C26H34F2N3O8P. The molecule has 0 amide bonds. The van der Waals surface area contributed by atoms with Crippen LogP contribution in [0.1, 0.15) is 26.5 Å². The minimum atomic E-state index is -1.75. The average Bonchev–Trinajstić information content (AvgIpc) is 3.30. The van der Waals surface area contributed by atoms with Gasteiger partial charge >= 0.3 is 14.2 Å². The molecule has 2 heterocycles. The van der Waals surface area contributed by atoms with Crippen molar-refractivity contribution < 1.29 is 37.2 Å². The lowest BCUT2D eigenvalue weighted by molar-refractivity contribution is -0.107. The quantitative estimate of drug-likeness (QED) is 0.241. The molecule has 1 aliphatic rings. The van der Waals surface area contributed by atoms with Crippen LogP contribution in [0.3, 0.4) is 0 Å². The van der Waals surface area contributed by atoms with Gasteiger partial charge in [-0.3, -0.25) is 14.3 Å². The van der Waals surface area contributed by atoms with Crippen LogP contribution in [0.4, 0.5) is 8.78 Å². The summed E-state index contributed by atoms with van der Waals surface area (Å²) in [6.07, 6.45) is 0.217. The van der Waals surface area contributed by atoms with Crippen molar-refractivity contribution in [3.63, 3.8) is 0 Å². The standard InChI is InChI=1S/C21H22N3O7P.C4H10O.CH2F2/c25-10-8-22-32(31-16-6-5-14-3-1-2-4-15(14)11-16)29-13-18-17(26)12-20(30-18)24-9-7-19(27)23-21(24)28;1-4(2)5-3;2-1-3/h1-7,9-11,17-18,20,22,26H,8,12-13H2,(H,23,27,28);4H,1-3H3;1H2. The zero-order valence-electron chi connectivity index (χ0n) is 22.4. The molecule has 4 unspecified atom stereocenters. The number of halogens is 2. The first kappa shape index (κ1) is 33.1. The number of ether oxygens (including phenoxy) is 2. The predicted octanol–water partition coefficient (Wildman–Crippen LogP) is 3.37. The van der Waals surface area contributed by atoms with E-state index < -0.39 is 45.1 Å². The zero-order valence-corrected chi connectivity index (χ0v) is 23.3. The van der Waals surface area contributed by atoms with Crippen LogP contribution < -0.4 is 20.9 Å². The molecule has 0 saturated carbocycles. The van der Waals surface area contributed by atoms with Crippen molar-refractivity contribution in [3.05, 3.63) is 75.6 Å². The summed E-state index contributed by atoms with van der Waals surface area (Å²) in [5, 5.41) is 15.3. The van der Waals surface area contributed by atoms with Crippen molar-refractivity contribution in [2.24, 2.45) is 0 Å². The van der Waals surface area contributed by atoms with Crippen molar-refractivity contribution in [1.29, 1.82) is 0 Å². The van der Waals surface area contributed by atoms with Crippen molar-refractivity contribution in [3.8, 4) is 5.75 Å². The van der Waals surface area contributed by atoms with Gasteiger partial charge in [0.25, 0.3) is 5.56 Å². The molecule has 11 nitrogen and oxygen atoms in total. The number of fused-ring (bicyclic) bond motifs is 1. The summed E-state index contributed by atoms with van der Waals surface area (Å²) >= 11 is 0. The SMILES string of the molecule is COC(C)C.FCF.O=CCNP(OCC1OC(n2ccc(=O)[nH]c2=O)CC1O)Oc1ccc2ccccc2c1. The average molecular weight is 586 g/mol. The number of benzene rings is 2. The molecule has 220 valence electrons. The highest BCUT2D eigenvalue weighted by atomic mass is 31.2. The van der Waals surface area contributed by atoms with Crippen molar-refractivity contribution in [2.75, 3.05) is 27.2 Å². The molecule has 3 aromatic rings. The highest BCUT2D eigenvalue weighted by Gasteiger charge is 2.36. The van der Waals surface area contributed by atoms with E-state index in [-0.39, 0.29) is 19.6 Å². The second kappa shape index (κ2) is 17.6. The molecular weight excluding hydrogens is 551 g/mol. The molecule has 14 heteroatoms. The molecule has 0 aliphatic carbocycles. The fourth-order valence-electron chi connectivity index (χ4n) is 3.37. The summed E-state index contributed by atoms with van der Waals surface area (Å²) in [5.74, 6) is 0.568. The number of nitrogens with zero attached hydrogens (tertiary/aromatic N) is 1. The molecule has 1 saturated heterocycles. The smallest absolute Gasteiger partial charge is 0.330 e. The molecule has 2 aromatic carbocycles. The predicted molar refractivity (Wildman–Crippen MR) is 147 cm³/mol. The number of nitrogens with one attached hydrogen (secondary N) is 2. The number of aliphatic hydroxyl groups is 1. The Bertz CT molecular complexity index is 1290. The highest BCUT2D eigenvalue weighted by molar-refractivity contribution is 7.45. The van der Waals surface area contributed by atoms with Gasteiger partial charge in [0.1, 0.15) is 24.4 Å². The van der Waals surface area contributed by atoms with Crippen LogP contribution in [0.15, 0.2) is 64.3 Å². The number of aromatic amines is 1. The lowest BCUT2D eigenvalue weighted by Gasteiger charge is -2.21. The monoisotopic (exact) mass is 585 g/mol. The maximum absolute atomic E-state index is 12.0. The summed E-state index contributed by atoms with van der Waals surface area (Å²) in [6, 6.07) is 14.6. The highest BCUT2D eigenvalue weighted by Crippen LogP contribution is 2.38. The normalized spacial score (nSPS) is 18.8. The van der Waals surface area contributed by atoms with E-state index in [1.54, 1.807) is 7.11 Å². The summed E-state index contributed by atoms with van der Waals surface area (Å²) in [5.41, 5.74) is -1.13. The number of hydrogen-bond donors (Lipinski definition) is 3. The van der Waals surface area contributed by atoms with Gasteiger partial charge in [-0.25, -0.2) is 18.7 Å². The lowest BCUT2D eigenvalue weighted by Crippen LogP contribution is -2.32. The number of aliphatic hydroxyl groups excluding tert-OH is 1. The van der Waals surface area contributed by atoms with Crippen LogP contribution in [0, 0.1) is 0 Å². The Balaban J connectivity index is 0.000000621. The number of aromatic nitrogens is 2. The fourth-order valence-corrected chi connectivity index (χ4v) is 4.39. The molecule has 40 heavy (non-hydrogen) atoms. The number of carbonyl (C=O) groups excluding carboxylic acids is 1. The fraction of sp³-hybridized carbons (Fsp3) is 0.423. The van der Waals surface area contributed by atoms with Gasteiger partial charge in [-0.2, -0.15) is 0 Å². The Labute approximate surface area is 231 Å². The summed E-state index contributed by atoms with van der Waals surface area (Å²) in [7, 11) is -0.00181. The minimum Gasteiger partial charge on any atom is -0.436 e. The van der Waals surface area contributed by atoms with Crippen LogP contribution in [0.2, 0.25) is 0 Å². The Morgan fingerprint density at radius 2 is 1.88 bits per heavy atom. The molecule has 0 bridgehead atoms. The van der Waals surface area contributed by atoms with E-state index in [1.165, 1.54) is 16.8 Å². The number of aldehydes is 1. The van der Waals surface area contributed by atoms with Gasteiger partial charge < -0.3 is 28.4 Å². The van der Waals surface area contributed by atoms with Crippen molar-refractivity contribution in [2.45, 2.75) is 44.8 Å². The molecule has 1 fully saturated rings. The van der Waals surface area contributed by atoms with Crippen molar-refractivity contribution >= 4 is 25.6 Å². The number of methoxy groups -OCH3 is 1. The van der Waals surface area contributed by atoms with E-state index in [0.717, 1.165) is 10.8 Å². The van der Waals surface area contributed by atoms with Crippen molar-refractivity contribution in [1.82, 2.24) is 14.6 Å². The largest absolute Gasteiger partial charge is 0.436 e. The number of H-pyrrole nitrogens is 1. The Hall–Kier alpha value is -3.06. The summed E-state index contributed by atoms with van der Waals surface area (Å²) in [6.45, 7) is 2.25. The first-order chi connectivity index (χ1) is 19.2. The maximum Gasteiger partial charge on any atom is 0.330 e. The van der Waals surface area contributed by atoms with Gasteiger partial charge in [0.05, 0.1) is 25.4 Å².